The van der Waals surface area contributed by atoms with Crippen LogP contribution in [0, 0.1) is 0 Å². The molecule has 1 aromatic rings. The maximum atomic E-state index is 11.2. The fourth-order valence-electron chi connectivity index (χ4n) is 2.27. The number of carbonyl (C=O) groups is 1. The van der Waals surface area contributed by atoms with Crippen LogP contribution in [-0.4, -0.2) is 60.4 Å². The number of carboxylic acid groups (broad SMARTS) is 1. The third-order valence-corrected chi connectivity index (χ3v) is 3.54. The SMILES string of the molecule is CC(C)c1cc(C(=O)O)cc(NCC2CN(C)CCO2)n1. The molecule has 21 heavy (non-hydrogen) atoms. The predicted molar refractivity (Wildman–Crippen MR) is 81.0 cm³/mol. The molecule has 2 rings (SSSR count). The third kappa shape index (κ3) is 4.41. The van der Waals surface area contributed by atoms with Crippen LogP contribution in [0.15, 0.2) is 12.1 Å². The van der Waals surface area contributed by atoms with Gasteiger partial charge in [-0.2, -0.15) is 0 Å². The summed E-state index contributed by atoms with van der Waals surface area (Å²) in [5.74, 6) is -0.159. The molecule has 116 valence electrons. The largest absolute Gasteiger partial charge is 0.478 e. The molecule has 0 spiro atoms. The Bertz CT molecular complexity index is 505. The molecule has 0 amide bonds. The number of nitrogens with zero attached hydrogens (tertiary/aromatic N) is 2. The predicted octanol–water partition coefficient (Wildman–Crippen LogP) is 1.65. The molecule has 1 fully saturated rings. The van der Waals surface area contributed by atoms with Crippen LogP contribution in [0.2, 0.25) is 0 Å². The molecule has 1 aromatic heterocycles. The van der Waals surface area contributed by atoms with Crippen LogP contribution in [0.5, 0.6) is 0 Å². The number of anilines is 1. The van der Waals surface area contributed by atoms with E-state index < -0.39 is 5.97 Å². The summed E-state index contributed by atoms with van der Waals surface area (Å²) in [6.45, 7) is 7.15. The Balaban J connectivity index is 2.06. The van der Waals surface area contributed by atoms with Crippen LogP contribution in [0.3, 0.4) is 0 Å². The first-order valence-electron chi connectivity index (χ1n) is 7.25. The van der Waals surface area contributed by atoms with Crippen LogP contribution in [0.25, 0.3) is 0 Å². The van der Waals surface area contributed by atoms with Crippen LogP contribution >= 0.6 is 0 Å². The van der Waals surface area contributed by atoms with E-state index in [1.54, 1.807) is 12.1 Å². The Morgan fingerprint density at radius 3 is 2.95 bits per heavy atom. The van der Waals surface area contributed by atoms with Crippen molar-refractivity contribution in [2.45, 2.75) is 25.9 Å². The highest BCUT2D eigenvalue weighted by molar-refractivity contribution is 5.88. The molecular formula is C15H23N3O3. The number of hydrogen-bond acceptors (Lipinski definition) is 5. The van der Waals surface area contributed by atoms with E-state index in [1.165, 1.54) is 0 Å². The van der Waals surface area contributed by atoms with Crippen molar-refractivity contribution in [3.05, 3.63) is 23.4 Å². The Kier molecular flexibility index (Phi) is 5.14. The molecule has 6 heteroatoms. The van der Waals surface area contributed by atoms with E-state index >= 15 is 0 Å². The summed E-state index contributed by atoms with van der Waals surface area (Å²) in [6.07, 6.45) is 0.0986. The maximum Gasteiger partial charge on any atom is 0.335 e. The van der Waals surface area contributed by atoms with Gasteiger partial charge < -0.3 is 20.1 Å². The van der Waals surface area contributed by atoms with Gasteiger partial charge in [0, 0.05) is 25.3 Å². The van der Waals surface area contributed by atoms with E-state index in [-0.39, 0.29) is 17.6 Å². The number of likely N-dealkylation sites (N-methyl/N-ethyl adjacent to an activating group) is 1. The molecule has 2 heterocycles. The monoisotopic (exact) mass is 293 g/mol. The quantitative estimate of drug-likeness (QED) is 0.860. The van der Waals surface area contributed by atoms with Crippen molar-refractivity contribution >= 4 is 11.8 Å². The standard InChI is InChI=1S/C15H23N3O3/c1-10(2)13-6-11(15(19)20)7-14(17-13)16-8-12-9-18(3)4-5-21-12/h6-7,10,12H,4-5,8-9H2,1-3H3,(H,16,17)(H,19,20). The highest BCUT2D eigenvalue weighted by Gasteiger charge is 2.18. The molecule has 0 radical (unpaired) electrons. The van der Waals surface area contributed by atoms with Crippen LogP contribution < -0.4 is 5.32 Å². The number of aromatic carboxylic acids is 1. The average Bonchev–Trinajstić information content (AvgIpc) is 2.45. The molecule has 6 nitrogen and oxygen atoms in total. The van der Waals surface area contributed by atoms with Gasteiger partial charge in [0.1, 0.15) is 5.82 Å². The molecule has 0 aliphatic carbocycles. The number of carboxylic acids is 1. The fraction of sp³-hybridized carbons (Fsp3) is 0.600. The molecule has 0 saturated carbocycles. The zero-order valence-corrected chi connectivity index (χ0v) is 12.8. The minimum Gasteiger partial charge on any atom is -0.478 e. The smallest absolute Gasteiger partial charge is 0.335 e. The van der Waals surface area contributed by atoms with Crippen molar-refractivity contribution in [2.75, 3.05) is 38.6 Å². The second-order valence-electron chi connectivity index (χ2n) is 5.76. The summed E-state index contributed by atoms with van der Waals surface area (Å²) in [5, 5.41) is 12.4. The van der Waals surface area contributed by atoms with Crippen molar-refractivity contribution in [3.63, 3.8) is 0 Å². The topological polar surface area (TPSA) is 74.7 Å². The van der Waals surface area contributed by atoms with E-state index in [4.69, 9.17) is 4.74 Å². The summed E-state index contributed by atoms with van der Waals surface area (Å²) in [4.78, 5) is 17.9. The van der Waals surface area contributed by atoms with Gasteiger partial charge in [0.2, 0.25) is 0 Å². The van der Waals surface area contributed by atoms with Gasteiger partial charge in [0.25, 0.3) is 0 Å². The minimum atomic E-state index is -0.934. The summed E-state index contributed by atoms with van der Waals surface area (Å²) in [5.41, 5.74) is 1.04. The van der Waals surface area contributed by atoms with Crippen LogP contribution in [0.1, 0.15) is 35.8 Å². The van der Waals surface area contributed by atoms with E-state index in [0.717, 1.165) is 25.4 Å². The van der Waals surface area contributed by atoms with Gasteiger partial charge in [-0.15, -0.1) is 0 Å². The normalized spacial score (nSPS) is 19.7. The number of ether oxygens (including phenoxy) is 1. The Morgan fingerprint density at radius 2 is 2.33 bits per heavy atom. The van der Waals surface area contributed by atoms with Crippen molar-refractivity contribution in [3.8, 4) is 0 Å². The Labute approximate surface area is 125 Å². The number of aromatic nitrogens is 1. The lowest BCUT2D eigenvalue weighted by atomic mass is 10.1. The number of morpholine rings is 1. The lowest BCUT2D eigenvalue weighted by Crippen LogP contribution is -2.43. The highest BCUT2D eigenvalue weighted by Crippen LogP contribution is 2.18. The Hall–Kier alpha value is -1.66. The van der Waals surface area contributed by atoms with E-state index in [0.29, 0.717) is 12.4 Å². The molecule has 2 N–H and O–H groups in total. The Morgan fingerprint density at radius 1 is 1.57 bits per heavy atom. The molecule has 1 aliphatic heterocycles. The number of nitrogens with one attached hydrogen (secondary N) is 1. The van der Waals surface area contributed by atoms with Gasteiger partial charge in [0.05, 0.1) is 18.3 Å². The second kappa shape index (κ2) is 6.87. The van der Waals surface area contributed by atoms with Gasteiger partial charge >= 0.3 is 5.97 Å². The lowest BCUT2D eigenvalue weighted by molar-refractivity contribution is -0.0117. The van der Waals surface area contributed by atoms with Crippen molar-refractivity contribution in [1.82, 2.24) is 9.88 Å². The average molecular weight is 293 g/mol. The van der Waals surface area contributed by atoms with Gasteiger partial charge in [-0.3, -0.25) is 0 Å². The number of pyridine rings is 1. The molecule has 1 atom stereocenters. The molecule has 1 aliphatic rings. The lowest BCUT2D eigenvalue weighted by Gasteiger charge is -2.30. The molecular weight excluding hydrogens is 270 g/mol. The number of hydrogen-bond donors (Lipinski definition) is 2. The summed E-state index contributed by atoms with van der Waals surface area (Å²) in [7, 11) is 2.07. The van der Waals surface area contributed by atoms with Gasteiger partial charge in [-0.1, -0.05) is 13.8 Å². The van der Waals surface area contributed by atoms with E-state index in [9.17, 15) is 9.90 Å². The van der Waals surface area contributed by atoms with E-state index in [2.05, 4.69) is 22.2 Å². The van der Waals surface area contributed by atoms with Crippen molar-refractivity contribution in [1.29, 1.82) is 0 Å². The minimum absolute atomic E-state index is 0.0986. The third-order valence-electron chi connectivity index (χ3n) is 3.54. The first-order chi connectivity index (χ1) is 9.95. The van der Waals surface area contributed by atoms with Gasteiger partial charge in [-0.25, -0.2) is 9.78 Å². The molecule has 0 bridgehead atoms. The molecule has 1 saturated heterocycles. The fourth-order valence-corrected chi connectivity index (χ4v) is 2.27. The first-order valence-corrected chi connectivity index (χ1v) is 7.25. The summed E-state index contributed by atoms with van der Waals surface area (Å²) >= 11 is 0. The zero-order chi connectivity index (χ0) is 15.4. The molecule has 1 unspecified atom stereocenters. The maximum absolute atomic E-state index is 11.2. The zero-order valence-electron chi connectivity index (χ0n) is 12.8. The van der Waals surface area contributed by atoms with Crippen LogP contribution in [-0.2, 0) is 4.74 Å². The van der Waals surface area contributed by atoms with Crippen molar-refractivity contribution in [2.24, 2.45) is 0 Å². The summed E-state index contributed by atoms with van der Waals surface area (Å²) < 4.78 is 5.68. The van der Waals surface area contributed by atoms with Crippen molar-refractivity contribution < 1.29 is 14.6 Å². The first kappa shape index (κ1) is 15.7. The van der Waals surface area contributed by atoms with Crippen LogP contribution in [0.4, 0.5) is 5.82 Å². The summed E-state index contributed by atoms with van der Waals surface area (Å²) in [6, 6.07) is 3.20. The van der Waals surface area contributed by atoms with E-state index in [1.807, 2.05) is 13.8 Å². The number of rotatable bonds is 5. The second-order valence-corrected chi connectivity index (χ2v) is 5.76. The van der Waals surface area contributed by atoms with Gasteiger partial charge in [-0.05, 0) is 25.1 Å². The molecule has 0 aromatic carbocycles. The highest BCUT2D eigenvalue weighted by atomic mass is 16.5. The van der Waals surface area contributed by atoms with Gasteiger partial charge in [0.15, 0.2) is 0 Å².